The Morgan fingerprint density at radius 2 is 1.81 bits per heavy atom. The van der Waals surface area contributed by atoms with E-state index < -0.39 is 0 Å². The second-order valence-corrected chi connectivity index (χ2v) is 5.47. The Morgan fingerprint density at radius 1 is 1.15 bits per heavy atom. The molecule has 2 aromatic carbocycles. The molecule has 0 bridgehead atoms. The van der Waals surface area contributed by atoms with Crippen LogP contribution in [0.15, 0.2) is 36.4 Å². The van der Waals surface area contributed by atoms with Gasteiger partial charge in [0, 0.05) is 18.6 Å². The maximum absolute atomic E-state index is 12.0. The molecular weight excluding hydrogens is 360 g/mol. The number of benzene rings is 2. The Hall–Kier alpha value is -2.80. The summed E-state index contributed by atoms with van der Waals surface area (Å²) in [6, 6.07) is 10.6. The number of fused-ring (bicyclic) bond motifs is 1. The third-order valence-electron chi connectivity index (χ3n) is 3.70. The zero-order valence-electron chi connectivity index (χ0n) is 14.3. The molecule has 0 fully saturated rings. The van der Waals surface area contributed by atoms with Gasteiger partial charge in [-0.25, -0.2) is 0 Å². The van der Waals surface area contributed by atoms with Gasteiger partial charge in [0.1, 0.15) is 11.5 Å². The van der Waals surface area contributed by atoms with E-state index in [0.29, 0.717) is 42.3 Å². The zero-order valence-corrected chi connectivity index (χ0v) is 15.1. The number of anilines is 2. The number of ether oxygens (including phenoxy) is 4. The Kier molecular flexibility index (Phi) is 6.80. The van der Waals surface area contributed by atoms with Crippen LogP contribution in [0.25, 0.3) is 0 Å². The third kappa shape index (κ3) is 4.86. The minimum absolute atomic E-state index is 0. The first-order chi connectivity index (χ1) is 12.2. The average Bonchev–Trinajstić information content (AvgIpc) is 3.06. The average molecular weight is 381 g/mol. The summed E-state index contributed by atoms with van der Waals surface area (Å²) in [6.45, 7) is 0.602. The monoisotopic (exact) mass is 380 g/mol. The first-order valence-electron chi connectivity index (χ1n) is 7.91. The number of halogens is 1. The van der Waals surface area contributed by atoms with E-state index in [-0.39, 0.29) is 25.1 Å². The summed E-state index contributed by atoms with van der Waals surface area (Å²) in [5.74, 6) is 2.54. The maximum Gasteiger partial charge on any atom is 0.231 e. The molecule has 0 radical (unpaired) electrons. The van der Waals surface area contributed by atoms with Gasteiger partial charge in [-0.3, -0.25) is 4.79 Å². The fraction of sp³-hybridized carbons (Fsp3) is 0.278. The lowest BCUT2D eigenvalue weighted by atomic mass is 10.2. The number of nitrogens with one attached hydrogen (secondary N) is 1. The van der Waals surface area contributed by atoms with Gasteiger partial charge in [-0.2, -0.15) is 0 Å². The van der Waals surface area contributed by atoms with Crippen molar-refractivity contribution < 1.29 is 23.7 Å². The Morgan fingerprint density at radius 3 is 2.50 bits per heavy atom. The molecule has 2 aromatic rings. The van der Waals surface area contributed by atoms with Crippen molar-refractivity contribution in [3.05, 3.63) is 36.4 Å². The quantitative estimate of drug-likeness (QED) is 0.566. The number of amides is 1. The Balaban J connectivity index is 0.00000243. The van der Waals surface area contributed by atoms with Crippen molar-refractivity contribution in [3.63, 3.8) is 0 Å². The van der Waals surface area contributed by atoms with Crippen molar-refractivity contribution >= 4 is 29.7 Å². The summed E-state index contributed by atoms with van der Waals surface area (Å²) < 4.78 is 21.2. The lowest BCUT2D eigenvalue weighted by Crippen LogP contribution is -2.14. The minimum Gasteiger partial charge on any atom is -0.497 e. The van der Waals surface area contributed by atoms with Crippen molar-refractivity contribution in [3.8, 4) is 23.0 Å². The van der Waals surface area contributed by atoms with Gasteiger partial charge in [0.05, 0.1) is 25.1 Å². The molecule has 0 spiro atoms. The van der Waals surface area contributed by atoms with Crippen LogP contribution in [0.4, 0.5) is 11.4 Å². The van der Waals surface area contributed by atoms with Crippen LogP contribution < -0.4 is 30.0 Å². The number of nitrogens with two attached hydrogens (primary N) is 1. The van der Waals surface area contributed by atoms with Crippen LogP contribution in [0.3, 0.4) is 0 Å². The van der Waals surface area contributed by atoms with E-state index in [0.717, 1.165) is 11.5 Å². The van der Waals surface area contributed by atoms with Gasteiger partial charge < -0.3 is 30.0 Å². The minimum atomic E-state index is -0.135. The largest absolute Gasteiger partial charge is 0.497 e. The van der Waals surface area contributed by atoms with E-state index in [1.54, 1.807) is 19.2 Å². The topological polar surface area (TPSA) is 92.0 Å². The van der Waals surface area contributed by atoms with Gasteiger partial charge >= 0.3 is 0 Å². The summed E-state index contributed by atoms with van der Waals surface area (Å²) >= 11 is 0. The molecule has 1 aliphatic heterocycles. The molecule has 0 aromatic heterocycles. The number of carbonyl (C=O) groups excluding carboxylic acids is 1. The molecule has 0 aliphatic carbocycles. The van der Waals surface area contributed by atoms with E-state index in [1.165, 1.54) is 0 Å². The molecule has 0 atom stereocenters. The molecule has 1 amide bonds. The van der Waals surface area contributed by atoms with Gasteiger partial charge in [0.15, 0.2) is 11.5 Å². The van der Waals surface area contributed by atoms with Crippen molar-refractivity contribution in [2.75, 3.05) is 31.6 Å². The first-order valence-corrected chi connectivity index (χ1v) is 7.91. The number of hydrogen-bond donors (Lipinski definition) is 2. The van der Waals surface area contributed by atoms with Crippen LogP contribution >= 0.6 is 12.4 Å². The van der Waals surface area contributed by atoms with Crippen molar-refractivity contribution in [2.45, 2.75) is 12.8 Å². The molecule has 1 heterocycles. The van der Waals surface area contributed by atoms with Crippen molar-refractivity contribution in [2.24, 2.45) is 0 Å². The van der Waals surface area contributed by atoms with Gasteiger partial charge in [0.2, 0.25) is 12.7 Å². The van der Waals surface area contributed by atoms with E-state index >= 15 is 0 Å². The van der Waals surface area contributed by atoms with Gasteiger partial charge in [0.25, 0.3) is 0 Å². The summed E-state index contributed by atoms with van der Waals surface area (Å²) in [5, 5.41) is 2.78. The highest BCUT2D eigenvalue weighted by Gasteiger charge is 2.17. The lowest BCUT2D eigenvalue weighted by Gasteiger charge is -2.10. The standard InChI is InChI=1S/C18H20N2O5.ClH/c1-22-12-4-6-13(7-5-12)23-8-2-3-18(21)20-15-10-17-16(9-14(15)19)24-11-25-17;/h4-7,9-10H,2-3,8,11,19H2,1H3,(H,20,21);1H. The lowest BCUT2D eigenvalue weighted by molar-refractivity contribution is -0.116. The number of rotatable bonds is 7. The first kappa shape index (κ1) is 19.5. The molecule has 3 rings (SSSR count). The fourth-order valence-corrected chi connectivity index (χ4v) is 2.37. The molecule has 3 N–H and O–H groups in total. The highest BCUT2D eigenvalue weighted by molar-refractivity contribution is 5.94. The van der Waals surface area contributed by atoms with E-state index in [2.05, 4.69) is 5.32 Å². The maximum atomic E-state index is 12.0. The predicted octanol–water partition coefficient (Wildman–Crippen LogP) is 3.23. The molecule has 1 aliphatic rings. The second-order valence-electron chi connectivity index (χ2n) is 5.47. The Labute approximate surface area is 157 Å². The normalized spacial score (nSPS) is 11.4. The highest BCUT2D eigenvalue weighted by Crippen LogP contribution is 2.38. The summed E-state index contributed by atoms with van der Waals surface area (Å²) in [7, 11) is 1.61. The van der Waals surface area contributed by atoms with Crippen LogP contribution in [-0.4, -0.2) is 26.4 Å². The van der Waals surface area contributed by atoms with Crippen LogP contribution in [0, 0.1) is 0 Å². The third-order valence-corrected chi connectivity index (χ3v) is 3.70. The van der Waals surface area contributed by atoms with Gasteiger partial charge in [-0.1, -0.05) is 0 Å². The molecule has 140 valence electrons. The molecule has 0 saturated carbocycles. The fourth-order valence-electron chi connectivity index (χ4n) is 2.37. The number of nitrogen functional groups attached to an aromatic ring is 1. The van der Waals surface area contributed by atoms with Crippen molar-refractivity contribution in [1.29, 1.82) is 0 Å². The smallest absolute Gasteiger partial charge is 0.231 e. The van der Waals surface area contributed by atoms with E-state index in [9.17, 15) is 4.79 Å². The van der Waals surface area contributed by atoms with Crippen LogP contribution in [0.1, 0.15) is 12.8 Å². The van der Waals surface area contributed by atoms with Crippen LogP contribution in [-0.2, 0) is 4.79 Å². The van der Waals surface area contributed by atoms with E-state index in [1.807, 2.05) is 24.3 Å². The highest BCUT2D eigenvalue weighted by atomic mass is 35.5. The molecule has 7 nitrogen and oxygen atoms in total. The van der Waals surface area contributed by atoms with Crippen LogP contribution in [0.5, 0.6) is 23.0 Å². The van der Waals surface area contributed by atoms with E-state index in [4.69, 9.17) is 24.7 Å². The summed E-state index contributed by atoms with van der Waals surface area (Å²) in [4.78, 5) is 12.0. The molecular formula is C18H21ClN2O5. The number of hydrogen-bond acceptors (Lipinski definition) is 6. The SMILES string of the molecule is COc1ccc(OCCCC(=O)Nc2cc3c(cc2N)OCO3)cc1.Cl. The van der Waals surface area contributed by atoms with Gasteiger partial charge in [-0.15, -0.1) is 12.4 Å². The summed E-state index contributed by atoms with van der Waals surface area (Å²) in [5.41, 5.74) is 6.87. The predicted molar refractivity (Wildman–Crippen MR) is 101 cm³/mol. The van der Waals surface area contributed by atoms with Gasteiger partial charge in [-0.05, 0) is 30.7 Å². The summed E-state index contributed by atoms with van der Waals surface area (Å²) in [6.07, 6.45) is 0.909. The molecule has 0 unspecified atom stereocenters. The molecule has 0 saturated heterocycles. The number of methoxy groups -OCH3 is 1. The van der Waals surface area contributed by atoms with Crippen LogP contribution in [0.2, 0.25) is 0 Å². The van der Waals surface area contributed by atoms with Crippen molar-refractivity contribution in [1.82, 2.24) is 0 Å². The second kappa shape index (κ2) is 9.05. The Bertz CT molecular complexity index is 752. The molecule has 26 heavy (non-hydrogen) atoms. The zero-order chi connectivity index (χ0) is 17.6. The number of carbonyl (C=O) groups is 1. The molecule has 8 heteroatoms.